The van der Waals surface area contributed by atoms with Gasteiger partial charge >= 0.3 is 0 Å². The summed E-state index contributed by atoms with van der Waals surface area (Å²) in [5, 5.41) is 3.53. The first kappa shape index (κ1) is 10.1. The van der Waals surface area contributed by atoms with Crippen molar-refractivity contribution in [1.82, 2.24) is 5.32 Å². The van der Waals surface area contributed by atoms with Crippen molar-refractivity contribution in [3.05, 3.63) is 29.3 Å². The molecule has 76 valence electrons. The number of thioether (sulfide) groups is 1. The summed E-state index contributed by atoms with van der Waals surface area (Å²) >= 11 is 1.82. The van der Waals surface area contributed by atoms with Crippen molar-refractivity contribution >= 4 is 11.8 Å². The monoisotopic (exact) mass is 207 g/mol. The molecule has 0 atom stereocenters. The van der Waals surface area contributed by atoms with Crippen LogP contribution in [-0.2, 0) is 6.54 Å². The molecule has 2 rings (SSSR count). The Morgan fingerprint density at radius 1 is 1.43 bits per heavy atom. The summed E-state index contributed by atoms with van der Waals surface area (Å²) < 4.78 is 0. The smallest absolute Gasteiger partial charge is 0.0208 e. The third kappa shape index (κ3) is 2.52. The summed E-state index contributed by atoms with van der Waals surface area (Å²) in [6.07, 6.45) is 4.86. The van der Waals surface area contributed by atoms with Gasteiger partial charge in [0.15, 0.2) is 0 Å². The maximum absolute atomic E-state index is 3.53. The molecule has 1 aromatic carbocycles. The highest BCUT2D eigenvalue weighted by Gasteiger charge is 2.19. The molecule has 1 aromatic rings. The molecular weight excluding hydrogens is 190 g/mol. The van der Waals surface area contributed by atoms with Gasteiger partial charge in [0.25, 0.3) is 0 Å². The number of benzene rings is 1. The zero-order valence-electron chi connectivity index (χ0n) is 8.84. The Hall–Kier alpha value is -0.470. The van der Waals surface area contributed by atoms with E-state index >= 15 is 0 Å². The van der Waals surface area contributed by atoms with Crippen LogP contribution in [0.4, 0.5) is 0 Å². The number of aryl methyl sites for hydroxylation is 1. The minimum absolute atomic E-state index is 0.801. The summed E-state index contributed by atoms with van der Waals surface area (Å²) in [6, 6.07) is 7.55. The molecule has 0 heterocycles. The molecule has 0 aromatic heterocycles. The van der Waals surface area contributed by atoms with Gasteiger partial charge in [-0.3, -0.25) is 0 Å². The van der Waals surface area contributed by atoms with Crippen LogP contribution in [0, 0.1) is 6.92 Å². The molecule has 0 amide bonds. The first-order valence-corrected chi connectivity index (χ1v) is 6.39. The molecule has 1 aliphatic carbocycles. The molecule has 1 fully saturated rings. The van der Waals surface area contributed by atoms with Crippen LogP contribution in [-0.4, -0.2) is 12.3 Å². The van der Waals surface area contributed by atoms with Crippen LogP contribution in [0.1, 0.15) is 24.0 Å². The van der Waals surface area contributed by atoms with Crippen LogP contribution in [0.2, 0.25) is 0 Å². The van der Waals surface area contributed by atoms with Crippen molar-refractivity contribution in [2.24, 2.45) is 0 Å². The highest BCUT2D eigenvalue weighted by molar-refractivity contribution is 7.98. The Bertz CT molecular complexity index is 318. The van der Waals surface area contributed by atoms with E-state index in [1.165, 1.54) is 28.9 Å². The lowest BCUT2D eigenvalue weighted by Gasteiger charge is -2.07. The van der Waals surface area contributed by atoms with Crippen molar-refractivity contribution in [3.63, 3.8) is 0 Å². The summed E-state index contributed by atoms with van der Waals surface area (Å²) in [5.74, 6) is 0. The lowest BCUT2D eigenvalue weighted by molar-refractivity contribution is 0.687. The molecule has 1 nitrogen and oxygen atoms in total. The number of hydrogen-bond acceptors (Lipinski definition) is 2. The van der Waals surface area contributed by atoms with Gasteiger partial charge in [0.1, 0.15) is 0 Å². The standard InChI is InChI=1S/C12H17NS/c1-9-7-10(3-6-12(9)14-2)8-13-11-4-5-11/h3,6-7,11,13H,4-5,8H2,1-2H3. The van der Waals surface area contributed by atoms with E-state index in [0.29, 0.717) is 0 Å². The average Bonchev–Trinajstić information content (AvgIpc) is 2.98. The first-order chi connectivity index (χ1) is 6.79. The van der Waals surface area contributed by atoms with Gasteiger partial charge < -0.3 is 5.32 Å². The predicted octanol–water partition coefficient (Wildman–Crippen LogP) is 2.97. The fourth-order valence-corrected chi connectivity index (χ4v) is 2.19. The van der Waals surface area contributed by atoms with Crippen LogP contribution >= 0.6 is 11.8 Å². The third-order valence-corrected chi connectivity index (χ3v) is 3.53. The zero-order valence-corrected chi connectivity index (χ0v) is 9.66. The minimum Gasteiger partial charge on any atom is -0.310 e. The quantitative estimate of drug-likeness (QED) is 0.762. The van der Waals surface area contributed by atoms with Crippen LogP contribution in [0.15, 0.2) is 23.1 Å². The Morgan fingerprint density at radius 3 is 2.79 bits per heavy atom. The van der Waals surface area contributed by atoms with Crippen molar-refractivity contribution in [1.29, 1.82) is 0 Å². The molecule has 0 unspecified atom stereocenters. The van der Waals surface area contributed by atoms with E-state index in [9.17, 15) is 0 Å². The summed E-state index contributed by atoms with van der Waals surface area (Å²) in [6.45, 7) is 3.21. The van der Waals surface area contributed by atoms with E-state index in [1.54, 1.807) is 0 Å². The van der Waals surface area contributed by atoms with Crippen molar-refractivity contribution in [3.8, 4) is 0 Å². The number of rotatable bonds is 4. The zero-order chi connectivity index (χ0) is 9.97. The maximum atomic E-state index is 3.53. The topological polar surface area (TPSA) is 12.0 Å². The average molecular weight is 207 g/mol. The minimum atomic E-state index is 0.801. The van der Waals surface area contributed by atoms with E-state index in [1.807, 2.05) is 11.8 Å². The second kappa shape index (κ2) is 4.37. The normalized spacial score (nSPS) is 15.9. The largest absolute Gasteiger partial charge is 0.310 e. The molecule has 2 heteroatoms. The highest BCUT2D eigenvalue weighted by atomic mass is 32.2. The van der Waals surface area contributed by atoms with Crippen molar-refractivity contribution < 1.29 is 0 Å². The maximum Gasteiger partial charge on any atom is 0.0208 e. The second-order valence-corrected chi connectivity index (χ2v) is 4.81. The lowest BCUT2D eigenvalue weighted by Crippen LogP contribution is -2.15. The predicted molar refractivity (Wildman–Crippen MR) is 62.8 cm³/mol. The number of hydrogen-bond donors (Lipinski definition) is 1. The molecular formula is C12H17NS. The van der Waals surface area contributed by atoms with Gasteiger partial charge in [-0.2, -0.15) is 0 Å². The van der Waals surface area contributed by atoms with E-state index in [-0.39, 0.29) is 0 Å². The van der Waals surface area contributed by atoms with Gasteiger partial charge in [0.05, 0.1) is 0 Å². The van der Waals surface area contributed by atoms with E-state index in [2.05, 4.69) is 36.7 Å². The van der Waals surface area contributed by atoms with Gasteiger partial charge in [-0.05, 0) is 43.2 Å². The Labute approximate surface area is 90.3 Å². The lowest BCUT2D eigenvalue weighted by atomic mass is 10.1. The molecule has 0 spiro atoms. The van der Waals surface area contributed by atoms with Gasteiger partial charge in [-0.1, -0.05) is 12.1 Å². The molecule has 1 aliphatic rings. The molecule has 14 heavy (non-hydrogen) atoms. The van der Waals surface area contributed by atoms with E-state index < -0.39 is 0 Å². The van der Waals surface area contributed by atoms with Crippen LogP contribution < -0.4 is 5.32 Å². The first-order valence-electron chi connectivity index (χ1n) is 5.16. The third-order valence-electron chi connectivity index (χ3n) is 2.63. The van der Waals surface area contributed by atoms with Crippen LogP contribution in [0.5, 0.6) is 0 Å². The Balaban J connectivity index is 1.99. The van der Waals surface area contributed by atoms with E-state index in [4.69, 9.17) is 0 Å². The molecule has 0 radical (unpaired) electrons. The molecule has 0 saturated heterocycles. The highest BCUT2D eigenvalue weighted by Crippen LogP contribution is 2.22. The van der Waals surface area contributed by atoms with Crippen molar-refractivity contribution in [2.45, 2.75) is 37.2 Å². The van der Waals surface area contributed by atoms with Crippen LogP contribution in [0.3, 0.4) is 0 Å². The van der Waals surface area contributed by atoms with Gasteiger partial charge in [0.2, 0.25) is 0 Å². The summed E-state index contributed by atoms with van der Waals surface area (Å²) in [5.41, 5.74) is 2.81. The fraction of sp³-hybridized carbons (Fsp3) is 0.500. The second-order valence-electron chi connectivity index (χ2n) is 3.96. The molecule has 1 saturated carbocycles. The molecule has 0 aliphatic heterocycles. The van der Waals surface area contributed by atoms with Gasteiger partial charge in [0, 0.05) is 17.5 Å². The Morgan fingerprint density at radius 2 is 2.21 bits per heavy atom. The summed E-state index contributed by atoms with van der Waals surface area (Å²) in [7, 11) is 0. The van der Waals surface area contributed by atoms with E-state index in [0.717, 1.165) is 12.6 Å². The molecule has 0 bridgehead atoms. The van der Waals surface area contributed by atoms with Crippen molar-refractivity contribution in [2.75, 3.05) is 6.26 Å². The summed E-state index contributed by atoms with van der Waals surface area (Å²) in [4.78, 5) is 1.39. The van der Waals surface area contributed by atoms with Crippen LogP contribution in [0.25, 0.3) is 0 Å². The van der Waals surface area contributed by atoms with Gasteiger partial charge in [-0.25, -0.2) is 0 Å². The number of nitrogens with one attached hydrogen (secondary N) is 1. The SMILES string of the molecule is CSc1ccc(CNC2CC2)cc1C. The van der Waals surface area contributed by atoms with Gasteiger partial charge in [-0.15, -0.1) is 11.8 Å². The fourth-order valence-electron chi connectivity index (χ4n) is 1.60. The Kier molecular flexibility index (Phi) is 3.14. The molecule has 1 N–H and O–H groups in total.